The highest BCUT2D eigenvalue weighted by Crippen LogP contribution is 2.21. The van der Waals surface area contributed by atoms with Gasteiger partial charge in [0.25, 0.3) is 0 Å². The van der Waals surface area contributed by atoms with E-state index in [0.717, 1.165) is 17.7 Å². The van der Waals surface area contributed by atoms with E-state index in [1.165, 1.54) is 18.4 Å². The van der Waals surface area contributed by atoms with Crippen molar-refractivity contribution in [3.8, 4) is 0 Å². The minimum Gasteiger partial charge on any atom is -0.207 e. The van der Waals surface area contributed by atoms with Gasteiger partial charge < -0.3 is 0 Å². The van der Waals surface area contributed by atoms with Crippen LogP contribution in [-0.4, -0.2) is 5.33 Å². The van der Waals surface area contributed by atoms with Gasteiger partial charge in [0.2, 0.25) is 0 Å². The zero-order valence-electron chi connectivity index (χ0n) is 10.0. The molecule has 1 aromatic rings. The summed E-state index contributed by atoms with van der Waals surface area (Å²) in [5.74, 6) is 1.27. The number of hydrogen-bond donors (Lipinski definition) is 0. The Kier molecular flexibility index (Phi) is 6.04. The zero-order valence-corrected chi connectivity index (χ0v) is 11.6. The molecule has 0 aliphatic carbocycles. The van der Waals surface area contributed by atoms with Crippen molar-refractivity contribution in [2.45, 2.75) is 33.1 Å². The Morgan fingerprint density at radius 1 is 1.25 bits per heavy atom. The van der Waals surface area contributed by atoms with E-state index >= 15 is 0 Å². The van der Waals surface area contributed by atoms with Crippen LogP contribution in [0, 0.1) is 17.7 Å². The second-order valence-corrected chi connectivity index (χ2v) is 5.25. The van der Waals surface area contributed by atoms with E-state index in [9.17, 15) is 4.39 Å². The first kappa shape index (κ1) is 13.7. The lowest BCUT2D eigenvalue weighted by molar-refractivity contribution is 0.410. The first-order valence-electron chi connectivity index (χ1n) is 5.96. The molecule has 0 aliphatic heterocycles. The van der Waals surface area contributed by atoms with E-state index in [4.69, 9.17) is 0 Å². The zero-order chi connectivity index (χ0) is 12.0. The molecule has 0 N–H and O–H groups in total. The second-order valence-electron chi connectivity index (χ2n) is 4.60. The van der Waals surface area contributed by atoms with Gasteiger partial charge in [0.05, 0.1) is 0 Å². The highest BCUT2D eigenvalue weighted by molar-refractivity contribution is 9.09. The largest absolute Gasteiger partial charge is 0.207 e. The van der Waals surface area contributed by atoms with Gasteiger partial charge in [0.1, 0.15) is 5.82 Å². The van der Waals surface area contributed by atoms with Crippen LogP contribution in [0.4, 0.5) is 4.39 Å². The quantitative estimate of drug-likeness (QED) is 0.658. The fourth-order valence-electron chi connectivity index (χ4n) is 1.89. The second kappa shape index (κ2) is 7.05. The number of hydrogen-bond acceptors (Lipinski definition) is 0. The molecule has 0 heterocycles. The summed E-state index contributed by atoms with van der Waals surface area (Å²) in [6.07, 6.45) is 3.50. The normalized spacial score (nSPS) is 14.8. The molecule has 0 bridgehead atoms. The van der Waals surface area contributed by atoms with Crippen molar-refractivity contribution in [1.29, 1.82) is 0 Å². The highest BCUT2D eigenvalue weighted by Gasteiger charge is 2.11. The Hall–Kier alpha value is -0.370. The summed E-state index contributed by atoms with van der Waals surface area (Å²) in [7, 11) is 0. The molecule has 2 heteroatoms. The van der Waals surface area contributed by atoms with Gasteiger partial charge in [-0.3, -0.25) is 0 Å². The average Bonchev–Trinajstić information content (AvgIpc) is 2.30. The van der Waals surface area contributed by atoms with Crippen LogP contribution in [-0.2, 0) is 6.42 Å². The fraction of sp³-hybridized carbons (Fsp3) is 0.571. The minimum absolute atomic E-state index is 0.152. The predicted octanol–water partition coefficient (Wildman–Crippen LogP) is 4.82. The van der Waals surface area contributed by atoms with Gasteiger partial charge >= 0.3 is 0 Å². The minimum atomic E-state index is -0.152. The van der Waals surface area contributed by atoms with Crippen LogP contribution < -0.4 is 0 Å². The van der Waals surface area contributed by atoms with E-state index < -0.39 is 0 Å². The Balaban J connectivity index is 2.52. The first-order chi connectivity index (χ1) is 7.65. The van der Waals surface area contributed by atoms with E-state index in [1.54, 1.807) is 12.1 Å². The molecular weight excluding hydrogens is 267 g/mol. The van der Waals surface area contributed by atoms with E-state index in [0.29, 0.717) is 5.92 Å². The van der Waals surface area contributed by atoms with Crippen molar-refractivity contribution >= 4 is 15.9 Å². The summed E-state index contributed by atoms with van der Waals surface area (Å²) in [5.41, 5.74) is 1.23. The molecular formula is C14H20BrF. The van der Waals surface area contributed by atoms with Crippen molar-refractivity contribution in [3.05, 3.63) is 35.6 Å². The van der Waals surface area contributed by atoms with Crippen LogP contribution in [0.3, 0.4) is 0 Å². The number of benzene rings is 1. The van der Waals surface area contributed by atoms with Crippen molar-refractivity contribution in [3.63, 3.8) is 0 Å². The van der Waals surface area contributed by atoms with Crippen LogP contribution in [0.25, 0.3) is 0 Å². The van der Waals surface area contributed by atoms with E-state index in [1.807, 2.05) is 12.1 Å². The summed E-state index contributed by atoms with van der Waals surface area (Å²) in [6, 6.07) is 6.87. The lowest BCUT2D eigenvalue weighted by Gasteiger charge is -2.18. The van der Waals surface area contributed by atoms with Gasteiger partial charge in [-0.2, -0.15) is 0 Å². The molecule has 2 unspecified atom stereocenters. The highest BCUT2D eigenvalue weighted by atomic mass is 79.9. The lowest BCUT2D eigenvalue weighted by Crippen LogP contribution is -2.10. The Bertz CT molecular complexity index is 294. The molecule has 0 amide bonds. The fourth-order valence-corrected chi connectivity index (χ4v) is 2.38. The Morgan fingerprint density at radius 2 is 1.88 bits per heavy atom. The maximum Gasteiger partial charge on any atom is 0.123 e. The number of alkyl halides is 1. The van der Waals surface area contributed by atoms with Crippen LogP contribution >= 0.6 is 15.9 Å². The first-order valence-corrected chi connectivity index (χ1v) is 7.08. The van der Waals surface area contributed by atoms with Gasteiger partial charge in [0.15, 0.2) is 0 Å². The molecule has 1 aromatic carbocycles. The molecule has 16 heavy (non-hydrogen) atoms. The molecule has 0 spiro atoms. The summed E-state index contributed by atoms with van der Waals surface area (Å²) < 4.78 is 12.8. The topological polar surface area (TPSA) is 0 Å². The van der Waals surface area contributed by atoms with Crippen LogP contribution in [0.5, 0.6) is 0 Å². The van der Waals surface area contributed by atoms with Gasteiger partial charge in [-0.05, 0) is 42.4 Å². The number of halogens is 2. The summed E-state index contributed by atoms with van der Waals surface area (Å²) in [6.45, 7) is 4.52. The van der Waals surface area contributed by atoms with Crippen molar-refractivity contribution in [2.75, 3.05) is 5.33 Å². The van der Waals surface area contributed by atoms with Gasteiger partial charge in [-0.15, -0.1) is 0 Å². The third-order valence-corrected chi connectivity index (χ3v) is 4.00. The van der Waals surface area contributed by atoms with Crippen molar-refractivity contribution in [2.24, 2.45) is 11.8 Å². The molecule has 90 valence electrons. The van der Waals surface area contributed by atoms with Crippen LogP contribution in [0.15, 0.2) is 24.3 Å². The Labute approximate surface area is 106 Å². The molecule has 0 aliphatic rings. The van der Waals surface area contributed by atoms with Crippen LogP contribution in [0.1, 0.15) is 32.3 Å². The standard InChI is InChI=1S/C14H20BrF/c1-3-11(2)8-13(10-15)9-12-4-6-14(16)7-5-12/h4-7,11,13H,3,8-10H2,1-2H3. The van der Waals surface area contributed by atoms with Gasteiger partial charge in [-0.1, -0.05) is 48.3 Å². The van der Waals surface area contributed by atoms with Gasteiger partial charge in [0, 0.05) is 5.33 Å². The van der Waals surface area contributed by atoms with Crippen LogP contribution in [0.2, 0.25) is 0 Å². The molecule has 0 nitrogen and oxygen atoms in total. The maximum atomic E-state index is 12.8. The third-order valence-electron chi connectivity index (χ3n) is 3.09. The molecule has 0 aromatic heterocycles. The van der Waals surface area contributed by atoms with E-state index in [2.05, 4.69) is 29.8 Å². The lowest BCUT2D eigenvalue weighted by atomic mass is 9.90. The van der Waals surface area contributed by atoms with Crippen molar-refractivity contribution < 1.29 is 4.39 Å². The monoisotopic (exact) mass is 286 g/mol. The van der Waals surface area contributed by atoms with E-state index in [-0.39, 0.29) is 5.82 Å². The molecule has 0 radical (unpaired) electrons. The van der Waals surface area contributed by atoms with Crippen molar-refractivity contribution in [1.82, 2.24) is 0 Å². The molecule has 0 saturated carbocycles. The third kappa shape index (κ3) is 4.65. The smallest absolute Gasteiger partial charge is 0.123 e. The average molecular weight is 287 g/mol. The molecule has 1 rings (SSSR count). The summed E-state index contributed by atoms with van der Waals surface area (Å²) in [5, 5.41) is 1.02. The molecule has 0 fully saturated rings. The maximum absolute atomic E-state index is 12.8. The number of rotatable bonds is 6. The Morgan fingerprint density at radius 3 is 2.38 bits per heavy atom. The summed E-state index contributed by atoms with van der Waals surface area (Å²) in [4.78, 5) is 0. The SMILES string of the molecule is CCC(C)CC(CBr)Cc1ccc(F)cc1. The summed E-state index contributed by atoms with van der Waals surface area (Å²) >= 11 is 3.57. The van der Waals surface area contributed by atoms with Gasteiger partial charge in [-0.25, -0.2) is 4.39 Å². The molecule has 2 atom stereocenters. The molecule has 0 saturated heterocycles. The predicted molar refractivity (Wildman–Crippen MR) is 71.5 cm³/mol.